The van der Waals surface area contributed by atoms with Crippen LogP contribution in [-0.2, 0) is 4.43 Å². The highest BCUT2D eigenvalue weighted by atomic mass is 32.2. The normalized spacial score (nSPS) is 24.5. The summed E-state index contributed by atoms with van der Waals surface area (Å²) in [7, 11) is -1.80. The predicted molar refractivity (Wildman–Crippen MR) is 139 cm³/mol. The minimum atomic E-state index is -1.80. The molecule has 2 atom stereocenters. The Hall–Kier alpha value is 0.617. The van der Waals surface area contributed by atoms with E-state index in [1.807, 2.05) is 0 Å². The standard InChI is InChI=1S/C25H48OS2Si/c1-8-9-10-13-17-25(27-18-14-19-28-25)20-23(22-16-12-11-15-21(22)2)26-29(6,7)24(3,4)5/h22-23H,2,8-20H2,1,3-7H3/t22-,23+/m1/s1. The van der Waals surface area contributed by atoms with Gasteiger partial charge in [-0.2, -0.15) is 0 Å². The van der Waals surface area contributed by atoms with Crippen LogP contribution in [0.25, 0.3) is 0 Å². The van der Waals surface area contributed by atoms with E-state index in [0.29, 0.717) is 16.1 Å². The van der Waals surface area contributed by atoms with Gasteiger partial charge in [-0.25, -0.2) is 0 Å². The monoisotopic (exact) mass is 456 g/mol. The lowest BCUT2D eigenvalue weighted by atomic mass is 9.80. The summed E-state index contributed by atoms with van der Waals surface area (Å²) in [6.07, 6.45) is 15.0. The molecule has 0 aromatic carbocycles. The smallest absolute Gasteiger partial charge is 0.192 e. The highest BCUT2D eigenvalue weighted by molar-refractivity contribution is 8.18. The van der Waals surface area contributed by atoms with E-state index in [-0.39, 0.29) is 5.04 Å². The third-order valence-electron chi connectivity index (χ3n) is 7.43. The average molecular weight is 457 g/mol. The van der Waals surface area contributed by atoms with Crippen LogP contribution in [0.5, 0.6) is 0 Å². The summed E-state index contributed by atoms with van der Waals surface area (Å²) < 4.78 is 7.59. The second-order valence-corrected chi connectivity index (χ2v) is 18.9. The van der Waals surface area contributed by atoms with Gasteiger partial charge in [-0.05, 0) is 68.2 Å². The molecule has 170 valence electrons. The van der Waals surface area contributed by atoms with Crippen molar-refractivity contribution >= 4 is 31.8 Å². The topological polar surface area (TPSA) is 9.23 Å². The van der Waals surface area contributed by atoms with Gasteiger partial charge in [0.2, 0.25) is 0 Å². The molecule has 1 saturated carbocycles. The lowest BCUT2D eigenvalue weighted by Gasteiger charge is -2.47. The maximum Gasteiger partial charge on any atom is 0.192 e. The molecule has 1 aliphatic heterocycles. The van der Waals surface area contributed by atoms with E-state index in [0.717, 1.165) is 0 Å². The van der Waals surface area contributed by atoms with Crippen molar-refractivity contribution in [2.24, 2.45) is 5.92 Å². The Balaban J connectivity index is 2.21. The molecule has 1 saturated heterocycles. The lowest BCUT2D eigenvalue weighted by Crippen LogP contribution is -2.48. The summed E-state index contributed by atoms with van der Waals surface area (Å²) in [4.78, 5) is 0. The predicted octanol–water partition coefficient (Wildman–Crippen LogP) is 9.05. The number of hydrogen-bond donors (Lipinski definition) is 0. The Bertz CT molecular complexity index is 505. The molecule has 2 rings (SSSR count). The Morgan fingerprint density at radius 2 is 1.79 bits per heavy atom. The molecule has 0 amide bonds. The minimum Gasteiger partial charge on any atom is -0.413 e. The average Bonchev–Trinajstić information content (AvgIpc) is 2.65. The van der Waals surface area contributed by atoms with Gasteiger partial charge in [0.05, 0.1) is 10.2 Å². The maximum absolute atomic E-state index is 7.22. The van der Waals surface area contributed by atoms with Crippen molar-refractivity contribution in [1.82, 2.24) is 0 Å². The first kappa shape index (κ1) is 25.9. The summed E-state index contributed by atoms with van der Waals surface area (Å²) in [5.41, 5.74) is 1.48. The molecule has 4 heteroatoms. The van der Waals surface area contributed by atoms with Crippen molar-refractivity contribution < 1.29 is 4.43 Å². The summed E-state index contributed by atoms with van der Waals surface area (Å²) in [5.74, 6) is 3.24. The van der Waals surface area contributed by atoms with E-state index in [1.165, 1.54) is 87.7 Å². The SMILES string of the molecule is C=C1CCCC[C@H]1[C@H](CC1(CCCCCC)SCCCS1)O[Si](C)(C)C(C)(C)C. The summed E-state index contributed by atoms with van der Waals surface area (Å²) in [6, 6.07) is 0. The fraction of sp³-hybridized carbons (Fsp3) is 0.920. The van der Waals surface area contributed by atoms with Gasteiger partial charge in [0.25, 0.3) is 0 Å². The Morgan fingerprint density at radius 3 is 2.38 bits per heavy atom. The number of unbranched alkanes of at least 4 members (excludes halogenated alkanes) is 3. The first-order chi connectivity index (χ1) is 13.6. The van der Waals surface area contributed by atoms with Crippen molar-refractivity contribution in [3.05, 3.63) is 12.2 Å². The molecule has 1 aliphatic carbocycles. The van der Waals surface area contributed by atoms with Crippen LogP contribution < -0.4 is 0 Å². The van der Waals surface area contributed by atoms with Gasteiger partial charge in [0, 0.05) is 5.92 Å². The van der Waals surface area contributed by atoms with Crippen molar-refractivity contribution in [1.29, 1.82) is 0 Å². The molecule has 2 fully saturated rings. The summed E-state index contributed by atoms with van der Waals surface area (Å²) >= 11 is 4.53. The fourth-order valence-corrected chi connectivity index (χ4v) is 9.32. The van der Waals surface area contributed by atoms with Gasteiger partial charge in [-0.1, -0.05) is 72.0 Å². The molecule has 1 heterocycles. The number of thioether (sulfide) groups is 2. The zero-order chi connectivity index (χ0) is 21.5. The zero-order valence-corrected chi connectivity index (χ0v) is 22.9. The van der Waals surface area contributed by atoms with Crippen molar-refractivity contribution in [2.75, 3.05) is 11.5 Å². The Kier molecular flexibility index (Phi) is 10.2. The van der Waals surface area contributed by atoms with Gasteiger partial charge >= 0.3 is 0 Å². The van der Waals surface area contributed by atoms with Crippen LogP contribution in [0.4, 0.5) is 0 Å². The lowest BCUT2D eigenvalue weighted by molar-refractivity contribution is 0.107. The van der Waals surface area contributed by atoms with Crippen LogP contribution >= 0.6 is 23.5 Å². The Labute approximate surface area is 192 Å². The van der Waals surface area contributed by atoms with Crippen molar-refractivity contribution in [3.8, 4) is 0 Å². The number of hydrogen-bond acceptors (Lipinski definition) is 3. The van der Waals surface area contributed by atoms with Crippen LogP contribution in [0.3, 0.4) is 0 Å². The second kappa shape index (κ2) is 11.5. The van der Waals surface area contributed by atoms with Crippen molar-refractivity contribution in [2.45, 2.75) is 127 Å². The molecule has 29 heavy (non-hydrogen) atoms. The quantitative estimate of drug-likeness (QED) is 0.184. The van der Waals surface area contributed by atoms with Crippen LogP contribution in [0, 0.1) is 5.92 Å². The Morgan fingerprint density at radius 1 is 1.10 bits per heavy atom. The van der Waals surface area contributed by atoms with E-state index in [4.69, 9.17) is 4.43 Å². The molecule has 0 aromatic rings. The zero-order valence-electron chi connectivity index (χ0n) is 20.3. The van der Waals surface area contributed by atoms with E-state index in [1.54, 1.807) is 0 Å². The third kappa shape index (κ3) is 7.61. The molecular formula is C25H48OS2Si. The molecule has 0 aromatic heterocycles. The highest BCUT2D eigenvalue weighted by Gasteiger charge is 2.45. The molecule has 0 spiro atoms. The van der Waals surface area contributed by atoms with Crippen LogP contribution in [-0.4, -0.2) is 30.0 Å². The highest BCUT2D eigenvalue weighted by Crippen LogP contribution is 2.52. The molecule has 2 aliphatic rings. The van der Waals surface area contributed by atoms with Gasteiger partial charge in [0.15, 0.2) is 8.32 Å². The van der Waals surface area contributed by atoms with Crippen LogP contribution in [0.2, 0.25) is 18.1 Å². The van der Waals surface area contributed by atoms with Gasteiger partial charge in [0.1, 0.15) is 0 Å². The molecular weight excluding hydrogens is 408 g/mol. The maximum atomic E-state index is 7.22. The molecule has 1 nitrogen and oxygen atoms in total. The van der Waals surface area contributed by atoms with Gasteiger partial charge in [-0.3, -0.25) is 0 Å². The number of rotatable bonds is 10. The molecule has 0 bridgehead atoms. The summed E-state index contributed by atoms with van der Waals surface area (Å²) in [6.45, 7) is 18.9. The third-order valence-corrected chi connectivity index (χ3v) is 15.4. The first-order valence-corrected chi connectivity index (χ1v) is 17.1. The van der Waals surface area contributed by atoms with E-state index < -0.39 is 8.32 Å². The van der Waals surface area contributed by atoms with Crippen LogP contribution in [0.1, 0.15) is 98.3 Å². The minimum absolute atomic E-state index is 0.266. The molecule has 0 unspecified atom stereocenters. The largest absolute Gasteiger partial charge is 0.413 e. The molecule has 0 radical (unpaired) electrons. The summed E-state index contributed by atoms with van der Waals surface area (Å²) in [5, 5.41) is 0.266. The molecule has 0 N–H and O–H groups in total. The fourth-order valence-electron chi connectivity index (χ4n) is 4.48. The van der Waals surface area contributed by atoms with E-state index in [2.05, 4.69) is 70.9 Å². The van der Waals surface area contributed by atoms with Gasteiger partial charge in [-0.15, -0.1) is 23.5 Å². The second-order valence-electron chi connectivity index (χ2n) is 10.9. The van der Waals surface area contributed by atoms with E-state index >= 15 is 0 Å². The van der Waals surface area contributed by atoms with Crippen molar-refractivity contribution in [3.63, 3.8) is 0 Å². The van der Waals surface area contributed by atoms with E-state index in [9.17, 15) is 0 Å². The van der Waals surface area contributed by atoms with Crippen LogP contribution in [0.15, 0.2) is 12.2 Å². The first-order valence-electron chi connectivity index (χ1n) is 12.2. The van der Waals surface area contributed by atoms with Gasteiger partial charge < -0.3 is 4.43 Å².